The van der Waals surface area contributed by atoms with E-state index in [0.29, 0.717) is 6.10 Å². The molecule has 2 aliphatic rings. The van der Waals surface area contributed by atoms with E-state index >= 15 is 0 Å². The Morgan fingerprint density at radius 2 is 1.91 bits per heavy atom. The van der Waals surface area contributed by atoms with Crippen molar-refractivity contribution in [1.29, 1.82) is 0 Å². The first-order valence-electron chi connectivity index (χ1n) is 8.69. The third kappa shape index (κ3) is 2.60. The number of aliphatic hydroxyl groups excluding tert-OH is 1. The van der Waals surface area contributed by atoms with Crippen LogP contribution in [0.3, 0.4) is 0 Å². The summed E-state index contributed by atoms with van der Waals surface area (Å²) in [6, 6.07) is 15.6. The van der Waals surface area contributed by atoms with Gasteiger partial charge < -0.3 is 9.84 Å². The van der Waals surface area contributed by atoms with E-state index in [-0.39, 0.29) is 12.2 Å². The zero-order chi connectivity index (χ0) is 15.9. The number of hydrogen-bond donors (Lipinski definition) is 1. The molecule has 4 rings (SSSR count). The zero-order valence-corrected chi connectivity index (χ0v) is 13.7. The van der Waals surface area contributed by atoms with Crippen LogP contribution in [0.25, 0.3) is 11.1 Å². The SMILES string of the molecule is Cc1ccc(-c2ccc3c(c2)C[C@@H]2CC[C@@]3(CCCO)O2)cc1. The van der Waals surface area contributed by atoms with Crippen LogP contribution < -0.4 is 0 Å². The maximum Gasteiger partial charge on any atom is 0.0939 e. The van der Waals surface area contributed by atoms with Crippen LogP contribution in [0, 0.1) is 6.92 Å². The van der Waals surface area contributed by atoms with Crippen molar-refractivity contribution < 1.29 is 9.84 Å². The normalized spacial score (nSPS) is 25.4. The van der Waals surface area contributed by atoms with Crippen molar-refractivity contribution in [3.8, 4) is 11.1 Å². The highest BCUT2D eigenvalue weighted by Gasteiger charge is 2.46. The summed E-state index contributed by atoms with van der Waals surface area (Å²) >= 11 is 0. The Labute approximate surface area is 138 Å². The van der Waals surface area contributed by atoms with E-state index in [1.807, 2.05) is 0 Å². The monoisotopic (exact) mass is 308 g/mol. The first-order chi connectivity index (χ1) is 11.2. The van der Waals surface area contributed by atoms with Gasteiger partial charge in [0.25, 0.3) is 0 Å². The summed E-state index contributed by atoms with van der Waals surface area (Å²) in [4.78, 5) is 0. The molecular formula is C21H24O2. The highest BCUT2D eigenvalue weighted by Crippen LogP contribution is 2.49. The largest absolute Gasteiger partial charge is 0.396 e. The summed E-state index contributed by atoms with van der Waals surface area (Å²) in [5.41, 5.74) is 6.52. The number of rotatable bonds is 4. The molecule has 2 aliphatic heterocycles. The van der Waals surface area contributed by atoms with Crippen molar-refractivity contribution in [1.82, 2.24) is 0 Å². The van der Waals surface area contributed by atoms with Gasteiger partial charge in [-0.05, 0) is 61.3 Å². The topological polar surface area (TPSA) is 29.5 Å². The predicted octanol–water partition coefficient (Wildman–Crippen LogP) is 4.36. The van der Waals surface area contributed by atoms with Gasteiger partial charge in [-0.15, -0.1) is 0 Å². The summed E-state index contributed by atoms with van der Waals surface area (Å²) in [7, 11) is 0. The average molecular weight is 308 g/mol. The van der Waals surface area contributed by atoms with Crippen molar-refractivity contribution in [3.05, 3.63) is 59.2 Å². The van der Waals surface area contributed by atoms with Gasteiger partial charge in [0.15, 0.2) is 0 Å². The van der Waals surface area contributed by atoms with E-state index in [1.54, 1.807) is 0 Å². The van der Waals surface area contributed by atoms with Crippen LogP contribution in [0.2, 0.25) is 0 Å². The van der Waals surface area contributed by atoms with Gasteiger partial charge in [-0.2, -0.15) is 0 Å². The summed E-state index contributed by atoms with van der Waals surface area (Å²) in [6.07, 6.45) is 5.35. The van der Waals surface area contributed by atoms with E-state index in [4.69, 9.17) is 4.74 Å². The molecule has 2 nitrogen and oxygen atoms in total. The van der Waals surface area contributed by atoms with Gasteiger partial charge in [-0.3, -0.25) is 0 Å². The van der Waals surface area contributed by atoms with E-state index in [9.17, 15) is 5.11 Å². The lowest BCUT2D eigenvalue weighted by atomic mass is 9.82. The fourth-order valence-electron chi connectivity index (χ4n) is 4.23. The molecule has 0 unspecified atom stereocenters. The fraction of sp³-hybridized carbons (Fsp3) is 0.429. The summed E-state index contributed by atoms with van der Waals surface area (Å²) < 4.78 is 6.36. The number of aryl methyl sites for hydroxylation is 1. The number of benzene rings is 2. The Kier molecular flexibility index (Phi) is 3.74. The van der Waals surface area contributed by atoms with Crippen LogP contribution in [-0.4, -0.2) is 17.8 Å². The molecule has 0 aliphatic carbocycles. The fourth-order valence-corrected chi connectivity index (χ4v) is 4.23. The average Bonchev–Trinajstić information content (AvgIpc) is 2.91. The lowest BCUT2D eigenvalue weighted by Crippen LogP contribution is -2.33. The summed E-state index contributed by atoms with van der Waals surface area (Å²) in [6.45, 7) is 2.36. The van der Waals surface area contributed by atoms with Gasteiger partial charge >= 0.3 is 0 Å². The highest BCUT2D eigenvalue weighted by molar-refractivity contribution is 5.66. The van der Waals surface area contributed by atoms with Gasteiger partial charge in [0, 0.05) is 6.61 Å². The third-order valence-corrected chi connectivity index (χ3v) is 5.43. The molecule has 2 bridgehead atoms. The minimum absolute atomic E-state index is 0.146. The molecule has 2 heteroatoms. The molecule has 2 heterocycles. The molecule has 23 heavy (non-hydrogen) atoms. The second-order valence-corrected chi connectivity index (χ2v) is 7.04. The molecule has 1 saturated heterocycles. The molecule has 120 valence electrons. The molecule has 1 N–H and O–H groups in total. The van der Waals surface area contributed by atoms with Crippen molar-refractivity contribution >= 4 is 0 Å². The van der Waals surface area contributed by atoms with Gasteiger partial charge in [-0.1, -0.05) is 48.0 Å². The van der Waals surface area contributed by atoms with Gasteiger partial charge in [0.2, 0.25) is 0 Å². The third-order valence-electron chi connectivity index (χ3n) is 5.43. The van der Waals surface area contributed by atoms with E-state index in [0.717, 1.165) is 32.1 Å². The lowest BCUT2D eigenvalue weighted by Gasteiger charge is -2.36. The maximum atomic E-state index is 9.23. The van der Waals surface area contributed by atoms with Crippen LogP contribution >= 0.6 is 0 Å². The predicted molar refractivity (Wildman–Crippen MR) is 92.4 cm³/mol. The van der Waals surface area contributed by atoms with Gasteiger partial charge in [-0.25, -0.2) is 0 Å². The molecule has 0 aromatic heterocycles. The molecule has 2 aromatic rings. The zero-order valence-electron chi connectivity index (χ0n) is 13.7. The van der Waals surface area contributed by atoms with E-state index < -0.39 is 0 Å². The highest BCUT2D eigenvalue weighted by atomic mass is 16.5. The lowest BCUT2D eigenvalue weighted by molar-refractivity contribution is -0.0652. The minimum atomic E-state index is -0.146. The van der Waals surface area contributed by atoms with Crippen molar-refractivity contribution in [2.45, 2.75) is 50.7 Å². The van der Waals surface area contributed by atoms with Crippen LogP contribution in [0.5, 0.6) is 0 Å². The first kappa shape index (κ1) is 14.9. The van der Waals surface area contributed by atoms with E-state index in [2.05, 4.69) is 49.4 Å². The summed E-state index contributed by atoms with van der Waals surface area (Å²) in [5, 5.41) is 9.23. The number of fused-ring (bicyclic) bond motifs is 4. The maximum absolute atomic E-state index is 9.23. The second kappa shape index (κ2) is 5.77. The number of hydrogen-bond acceptors (Lipinski definition) is 2. The smallest absolute Gasteiger partial charge is 0.0939 e. The van der Waals surface area contributed by atoms with Crippen LogP contribution in [0.4, 0.5) is 0 Å². The minimum Gasteiger partial charge on any atom is -0.396 e. The Bertz CT molecular complexity index is 704. The summed E-state index contributed by atoms with van der Waals surface area (Å²) in [5.74, 6) is 0. The number of aliphatic hydroxyl groups is 1. The molecule has 0 amide bonds. The van der Waals surface area contributed by atoms with E-state index in [1.165, 1.54) is 27.8 Å². The van der Waals surface area contributed by atoms with Crippen molar-refractivity contribution in [2.24, 2.45) is 0 Å². The Hall–Kier alpha value is -1.64. The van der Waals surface area contributed by atoms with Crippen molar-refractivity contribution in [3.63, 3.8) is 0 Å². The molecule has 0 radical (unpaired) electrons. The quantitative estimate of drug-likeness (QED) is 0.909. The van der Waals surface area contributed by atoms with Gasteiger partial charge in [0.05, 0.1) is 11.7 Å². The first-order valence-corrected chi connectivity index (χ1v) is 8.69. The van der Waals surface area contributed by atoms with Crippen LogP contribution in [-0.2, 0) is 16.8 Å². The molecule has 1 fully saturated rings. The molecule has 2 atom stereocenters. The van der Waals surface area contributed by atoms with Crippen LogP contribution in [0.1, 0.15) is 42.4 Å². The van der Waals surface area contributed by atoms with Gasteiger partial charge in [0.1, 0.15) is 0 Å². The molecule has 0 saturated carbocycles. The molecular weight excluding hydrogens is 284 g/mol. The number of ether oxygens (including phenoxy) is 1. The molecule has 2 aromatic carbocycles. The van der Waals surface area contributed by atoms with Crippen molar-refractivity contribution in [2.75, 3.05) is 6.61 Å². The second-order valence-electron chi connectivity index (χ2n) is 7.04. The Morgan fingerprint density at radius 3 is 2.70 bits per heavy atom. The molecule has 0 spiro atoms. The van der Waals surface area contributed by atoms with Crippen LogP contribution in [0.15, 0.2) is 42.5 Å². The Balaban J connectivity index is 1.72. The Morgan fingerprint density at radius 1 is 1.13 bits per heavy atom. The standard InChI is InChI=1S/C21H24O2/c1-15-3-5-16(6-4-15)17-7-8-20-18(13-17)14-19-9-11-21(20,23-19)10-2-12-22/h3-8,13,19,22H,2,9-12,14H2,1H3/t19-,21+/m0/s1.